The van der Waals surface area contributed by atoms with E-state index in [4.69, 9.17) is 5.11 Å². The fraction of sp³-hybridized carbons (Fsp3) is 0.294. The molecule has 0 fully saturated rings. The first-order valence-corrected chi connectivity index (χ1v) is 7.53. The lowest BCUT2D eigenvalue weighted by Gasteiger charge is -2.20. The molecule has 0 aliphatic carbocycles. The van der Waals surface area contributed by atoms with Gasteiger partial charge in [0.1, 0.15) is 0 Å². The van der Waals surface area contributed by atoms with Crippen molar-refractivity contribution in [3.8, 4) is 11.8 Å². The van der Waals surface area contributed by atoms with Crippen LogP contribution in [0.3, 0.4) is 0 Å². The van der Waals surface area contributed by atoms with Crippen LogP contribution in [0, 0.1) is 18.8 Å². The van der Waals surface area contributed by atoms with Crippen molar-refractivity contribution in [1.82, 2.24) is 0 Å². The fourth-order valence-corrected chi connectivity index (χ4v) is 2.96. The Morgan fingerprint density at radius 1 is 1.25 bits per heavy atom. The Balaban J connectivity index is 2.13. The third-order valence-electron chi connectivity index (χ3n) is 3.11. The zero-order valence-electron chi connectivity index (χ0n) is 11.9. The van der Waals surface area contributed by atoms with Crippen molar-refractivity contribution < 1.29 is 5.11 Å². The molecule has 0 saturated heterocycles. The Morgan fingerprint density at radius 3 is 2.80 bits per heavy atom. The summed E-state index contributed by atoms with van der Waals surface area (Å²) in [6.07, 6.45) is 0.531. The summed E-state index contributed by atoms with van der Waals surface area (Å²) in [6.45, 7) is 3.10. The van der Waals surface area contributed by atoms with Gasteiger partial charge in [0.05, 0.1) is 13.2 Å². The number of hydrogen-bond acceptors (Lipinski definition) is 3. The van der Waals surface area contributed by atoms with Crippen LogP contribution in [0.25, 0.3) is 0 Å². The molecule has 1 aromatic heterocycles. The lowest BCUT2D eigenvalue weighted by Crippen LogP contribution is -2.17. The second kappa shape index (κ2) is 7.14. The second-order valence-corrected chi connectivity index (χ2v) is 5.68. The lowest BCUT2D eigenvalue weighted by molar-refractivity contribution is 0.305. The van der Waals surface area contributed by atoms with Crippen LogP contribution in [0.5, 0.6) is 0 Å². The topological polar surface area (TPSA) is 23.5 Å². The molecular formula is C17H19NOS. The van der Waals surface area contributed by atoms with Crippen molar-refractivity contribution >= 4 is 17.0 Å². The van der Waals surface area contributed by atoms with Gasteiger partial charge in [-0.2, -0.15) is 0 Å². The van der Waals surface area contributed by atoms with E-state index in [1.54, 1.807) is 11.3 Å². The summed E-state index contributed by atoms with van der Waals surface area (Å²) >= 11 is 1.73. The molecule has 0 bridgehead atoms. The van der Waals surface area contributed by atoms with Gasteiger partial charge in [-0.1, -0.05) is 30.0 Å². The second-order valence-electron chi connectivity index (χ2n) is 4.68. The molecule has 0 aliphatic rings. The molecule has 0 unspecified atom stereocenters. The molecule has 2 aromatic rings. The van der Waals surface area contributed by atoms with Gasteiger partial charge < -0.3 is 10.0 Å². The van der Waals surface area contributed by atoms with Gasteiger partial charge in [-0.15, -0.1) is 11.3 Å². The van der Waals surface area contributed by atoms with Crippen molar-refractivity contribution in [2.45, 2.75) is 19.9 Å². The number of aliphatic hydroxyl groups is 1. The Morgan fingerprint density at radius 2 is 2.05 bits per heavy atom. The van der Waals surface area contributed by atoms with Crippen molar-refractivity contribution in [3.63, 3.8) is 0 Å². The van der Waals surface area contributed by atoms with Gasteiger partial charge in [0.2, 0.25) is 0 Å². The summed E-state index contributed by atoms with van der Waals surface area (Å²) < 4.78 is 0. The van der Waals surface area contributed by atoms with Crippen molar-refractivity contribution in [3.05, 3.63) is 51.7 Å². The van der Waals surface area contributed by atoms with E-state index < -0.39 is 0 Å². The lowest BCUT2D eigenvalue weighted by atomic mass is 10.1. The van der Waals surface area contributed by atoms with Crippen molar-refractivity contribution in [2.75, 3.05) is 18.6 Å². The number of rotatable bonds is 4. The van der Waals surface area contributed by atoms with Gasteiger partial charge in [-0.25, -0.2) is 0 Å². The quantitative estimate of drug-likeness (QED) is 0.870. The number of benzene rings is 1. The Labute approximate surface area is 124 Å². The molecule has 0 atom stereocenters. The van der Waals surface area contributed by atoms with E-state index in [1.165, 1.54) is 16.1 Å². The zero-order valence-corrected chi connectivity index (χ0v) is 12.7. The molecule has 0 saturated carbocycles. The molecule has 1 aromatic carbocycles. The van der Waals surface area contributed by atoms with Gasteiger partial charge in [0, 0.05) is 29.6 Å². The third kappa shape index (κ3) is 3.63. The SMILES string of the molecule is Cc1ccccc1N(C)Cc1sccc1C#CCCO. The highest BCUT2D eigenvalue weighted by Crippen LogP contribution is 2.23. The molecule has 0 radical (unpaired) electrons. The highest BCUT2D eigenvalue weighted by Gasteiger charge is 2.08. The monoisotopic (exact) mass is 285 g/mol. The number of thiophene rings is 1. The molecule has 1 N–H and O–H groups in total. The molecule has 20 heavy (non-hydrogen) atoms. The van der Waals surface area contributed by atoms with Gasteiger partial charge in [0.15, 0.2) is 0 Å². The standard InChI is InChI=1S/C17H19NOS/c1-14-7-3-4-9-16(14)18(2)13-17-15(10-12-20-17)8-5-6-11-19/h3-4,7,9-10,12,19H,6,11,13H2,1-2H3. The molecule has 2 rings (SSSR count). The minimum atomic E-state index is 0.121. The van der Waals surface area contributed by atoms with Crippen LogP contribution in [-0.4, -0.2) is 18.8 Å². The average molecular weight is 285 g/mol. The molecule has 0 spiro atoms. The summed E-state index contributed by atoms with van der Waals surface area (Å²) in [6, 6.07) is 10.4. The molecule has 0 amide bonds. The number of aliphatic hydroxyl groups excluding tert-OH is 1. The molecule has 2 nitrogen and oxygen atoms in total. The van der Waals surface area contributed by atoms with Crippen LogP contribution in [-0.2, 0) is 6.54 Å². The van der Waals surface area contributed by atoms with Crippen LogP contribution >= 0.6 is 11.3 Å². The Kier molecular flexibility index (Phi) is 5.23. The highest BCUT2D eigenvalue weighted by atomic mass is 32.1. The zero-order chi connectivity index (χ0) is 14.4. The minimum absolute atomic E-state index is 0.121. The van der Waals surface area contributed by atoms with Gasteiger partial charge in [-0.05, 0) is 30.0 Å². The van der Waals surface area contributed by atoms with Crippen LogP contribution in [0.1, 0.15) is 22.4 Å². The van der Waals surface area contributed by atoms with E-state index in [0.29, 0.717) is 6.42 Å². The first kappa shape index (κ1) is 14.6. The fourth-order valence-electron chi connectivity index (χ4n) is 2.08. The average Bonchev–Trinajstić information content (AvgIpc) is 2.87. The maximum absolute atomic E-state index is 8.78. The summed E-state index contributed by atoms with van der Waals surface area (Å²) in [5, 5.41) is 10.9. The van der Waals surface area contributed by atoms with E-state index in [-0.39, 0.29) is 6.61 Å². The van der Waals surface area contributed by atoms with Crippen LogP contribution in [0.15, 0.2) is 35.7 Å². The first-order valence-electron chi connectivity index (χ1n) is 6.65. The summed E-state index contributed by atoms with van der Waals surface area (Å²) in [7, 11) is 2.10. The summed E-state index contributed by atoms with van der Waals surface area (Å²) in [4.78, 5) is 3.51. The first-order chi connectivity index (χ1) is 9.72. The molecular weight excluding hydrogens is 266 g/mol. The number of nitrogens with zero attached hydrogens (tertiary/aromatic N) is 1. The number of para-hydroxylation sites is 1. The maximum atomic E-state index is 8.78. The Hall–Kier alpha value is -1.76. The van der Waals surface area contributed by atoms with E-state index in [2.05, 4.69) is 66.4 Å². The van der Waals surface area contributed by atoms with Crippen LogP contribution in [0.4, 0.5) is 5.69 Å². The number of aryl methyl sites for hydroxylation is 1. The molecule has 0 aliphatic heterocycles. The predicted molar refractivity (Wildman–Crippen MR) is 86.2 cm³/mol. The van der Waals surface area contributed by atoms with Gasteiger partial charge in [-0.3, -0.25) is 0 Å². The predicted octanol–water partition coefficient (Wildman–Crippen LogP) is 3.43. The number of hydrogen-bond donors (Lipinski definition) is 1. The Bertz CT molecular complexity index is 621. The molecule has 3 heteroatoms. The van der Waals surface area contributed by atoms with Crippen LogP contribution < -0.4 is 4.90 Å². The van der Waals surface area contributed by atoms with E-state index in [0.717, 1.165) is 12.1 Å². The van der Waals surface area contributed by atoms with Crippen LogP contribution in [0.2, 0.25) is 0 Å². The molecule has 104 valence electrons. The summed E-state index contributed by atoms with van der Waals surface area (Å²) in [5.74, 6) is 6.13. The van der Waals surface area contributed by atoms with Crippen molar-refractivity contribution in [2.24, 2.45) is 0 Å². The number of anilines is 1. The maximum Gasteiger partial charge on any atom is 0.0540 e. The molecule has 1 heterocycles. The van der Waals surface area contributed by atoms with E-state index >= 15 is 0 Å². The smallest absolute Gasteiger partial charge is 0.0540 e. The van der Waals surface area contributed by atoms with Gasteiger partial charge in [0.25, 0.3) is 0 Å². The normalized spacial score (nSPS) is 9.95. The largest absolute Gasteiger partial charge is 0.395 e. The van der Waals surface area contributed by atoms with E-state index in [1.807, 2.05) is 0 Å². The van der Waals surface area contributed by atoms with Crippen molar-refractivity contribution in [1.29, 1.82) is 0 Å². The van der Waals surface area contributed by atoms with Gasteiger partial charge >= 0.3 is 0 Å². The summed E-state index contributed by atoms with van der Waals surface area (Å²) in [5.41, 5.74) is 3.60. The third-order valence-corrected chi connectivity index (χ3v) is 4.02. The van der Waals surface area contributed by atoms with E-state index in [9.17, 15) is 0 Å². The minimum Gasteiger partial charge on any atom is -0.395 e. The highest BCUT2D eigenvalue weighted by molar-refractivity contribution is 7.10.